The van der Waals surface area contributed by atoms with Gasteiger partial charge in [0.1, 0.15) is 0 Å². The maximum Gasteiger partial charge on any atom is 0.253 e. The zero-order chi connectivity index (χ0) is 19.4. The van der Waals surface area contributed by atoms with Crippen molar-refractivity contribution in [3.05, 3.63) is 29.8 Å². The van der Waals surface area contributed by atoms with Gasteiger partial charge in [0.15, 0.2) is 0 Å². The number of piperazine rings is 1. The van der Waals surface area contributed by atoms with Crippen molar-refractivity contribution in [1.82, 2.24) is 15.1 Å². The highest BCUT2D eigenvalue weighted by molar-refractivity contribution is 7.93. The van der Waals surface area contributed by atoms with E-state index in [0.29, 0.717) is 63.5 Å². The van der Waals surface area contributed by atoms with Gasteiger partial charge in [-0.25, -0.2) is 8.42 Å². The van der Waals surface area contributed by atoms with Gasteiger partial charge in [0.2, 0.25) is 15.9 Å². The van der Waals surface area contributed by atoms with Gasteiger partial charge in [-0.2, -0.15) is 0 Å². The monoisotopic (exact) mass is 394 g/mol. The molecule has 0 radical (unpaired) electrons. The number of rotatable bonds is 5. The standard InChI is InChI=1S/C18H26N4O4S/c1-2-19-17(23)14-20-9-11-21(12-10-20)18(24)15-4-6-16(7-5-15)22-8-3-13-27(22,25)26/h4-7H,2-3,8-14H2,1H3,(H,19,23). The predicted molar refractivity (Wildman–Crippen MR) is 103 cm³/mol. The van der Waals surface area contributed by atoms with E-state index in [4.69, 9.17) is 0 Å². The van der Waals surface area contributed by atoms with Crippen LogP contribution in [0.25, 0.3) is 0 Å². The maximum atomic E-state index is 12.7. The molecule has 27 heavy (non-hydrogen) atoms. The van der Waals surface area contributed by atoms with Crippen molar-refractivity contribution in [2.75, 3.05) is 55.9 Å². The first-order valence-electron chi connectivity index (χ1n) is 9.29. The number of sulfonamides is 1. The molecular weight excluding hydrogens is 368 g/mol. The Morgan fingerprint density at radius 2 is 1.70 bits per heavy atom. The summed E-state index contributed by atoms with van der Waals surface area (Å²) in [5, 5.41) is 2.78. The second-order valence-electron chi connectivity index (χ2n) is 6.81. The predicted octanol–water partition coefficient (Wildman–Crippen LogP) is 0.120. The van der Waals surface area contributed by atoms with E-state index in [2.05, 4.69) is 5.32 Å². The van der Waals surface area contributed by atoms with Crippen LogP contribution >= 0.6 is 0 Å². The van der Waals surface area contributed by atoms with Crippen LogP contribution in [0.4, 0.5) is 5.69 Å². The van der Waals surface area contributed by atoms with Crippen molar-refractivity contribution in [1.29, 1.82) is 0 Å². The first kappa shape index (κ1) is 19.6. The molecule has 2 heterocycles. The third kappa shape index (κ3) is 4.59. The first-order valence-corrected chi connectivity index (χ1v) is 10.9. The second-order valence-corrected chi connectivity index (χ2v) is 8.82. The number of nitrogens with zero attached hydrogens (tertiary/aromatic N) is 3. The molecular formula is C18H26N4O4S. The summed E-state index contributed by atoms with van der Waals surface area (Å²) in [5.41, 5.74) is 1.16. The molecule has 2 saturated heterocycles. The summed E-state index contributed by atoms with van der Waals surface area (Å²) < 4.78 is 25.4. The van der Waals surface area contributed by atoms with Crippen LogP contribution in [0.2, 0.25) is 0 Å². The van der Waals surface area contributed by atoms with Crippen LogP contribution in [0.5, 0.6) is 0 Å². The summed E-state index contributed by atoms with van der Waals surface area (Å²) in [6.07, 6.45) is 0.629. The lowest BCUT2D eigenvalue weighted by atomic mass is 10.1. The van der Waals surface area contributed by atoms with E-state index in [9.17, 15) is 18.0 Å². The zero-order valence-electron chi connectivity index (χ0n) is 15.6. The molecule has 3 rings (SSSR count). The van der Waals surface area contributed by atoms with Gasteiger partial charge in [-0.15, -0.1) is 0 Å². The Morgan fingerprint density at radius 3 is 2.26 bits per heavy atom. The smallest absolute Gasteiger partial charge is 0.253 e. The minimum atomic E-state index is -3.21. The number of anilines is 1. The molecule has 1 N–H and O–H groups in total. The molecule has 0 aliphatic carbocycles. The molecule has 1 aromatic carbocycles. The lowest BCUT2D eigenvalue weighted by Crippen LogP contribution is -2.51. The van der Waals surface area contributed by atoms with Crippen LogP contribution in [0.15, 0.2) is 24.3 Å². The van der Waals surface area contributed by atoms with Crippen LogP contribution in [0, 0.1) is 0 Å². The second kappa shape index (κ2) is 8.26. The lowest BCUT2D eigenvalue weighted by molar-refractivity contribution is -0.122. The van der Waals surface area contributed by atoms with Gasteiger partial charge in [0.25, 0.3) is 5.91 Å². The Balaban J connectivity index is 1.57. The van der Waals surface area contributed by atoms with Crippen molar-refractivity contribution in [3.63, 3.8) is 0 Å². The largest absolute Gasteiger partial charge is 0.355 e. The Kier molecular flexibility index (Phi) is 6.01. The number of amides is 2. The SMILES string of the molecule is CCNC(=O)CN1CCN(C(=O)c2ccc(N3CCCS3(=O)=O)cc2)CC1. The molecule has 1 aromatic rings. The fraction of sp³-hybridized carbons (Fsp3) is 0.556. The Hall–Kier alpha value is -2.13. The topological polar surface area (TPSA) is 90.0 Å². The highest BCUT2D eigenvalue weighted by atomic mass is 32.2. The van der Waals surface area contributed by atoms with Crippen LogP contribution in [0.3, 0.4) is 0 Å². The van der Waals surface area contributed by atoms with Crippen LogP contribution < -0.4 is 9.62 Å². The third-order valence-electron chi connectivity index (χ3n) is 4.90. The average molecular weight is 394 g/mol. The molecule has 2 aliphatic rings. The molecule has 9 heteroatoms. The van der Waals surface area contributed by atoms with Gasteiger partial charge in [-0.3, -0.25) is 18.8 Å². The van der Waals surface area contributed by atoms with Gasteiger partial charge < -0.3 is 10.2 Å². The van der Waals surface area contributed by atoms with Crippen molar-refractivity contribution in [2.45, 2.75) is 13.3 Å². The highest BCUT2D eigenvalue weighted by Gasteiger charge is 2.29. The summed E-state index contributed by atoms with van der Waals surface area (Å²) in [4.78, 5) is 28.2. The normalized spacial score (nSPS) is 19.9. The minimum Gasteiger partial charge on any atom is -0.355 e. The number of carbonyl (C=O) groups excluding carboxylic acids is 2. The van der Waals surface area contributed by atoms with Crippen LogP contribution in [-0.2, 0) is 14.8 Å². The van der Waals surface area contributed by atoms with Gasteiger partial charge in [-0.05, 0) is 37.6 Å². The molecule has 0 bridgehead atoms. The van der Waals surface area contributed by atoms with E-state index < -0.39 is 10.0 Å². The number of hydrogen-bond acceptors (Lipinski definition) is 5. The van der Waals surface area contributed by atoms with E-state index in [1.807, 2.05) is 11.8 Å². The van der Waals surface area contributed by atoms with E-state index in [0.717, 1.165) is 0 Å². The zero-order valence-corrected chi connectivity index (χ0v) is 16.4. The molecule has 0 spiro atoms. The van der Waals surface area contributed by atoms with E-state index in [1.165, 1.54) is 4.31 Å². The maximum absolute atomic E-state index is 12.7. The molecule has 0 unspecified atom stereocenters. The van der Waals surface area contributed by atoms with Gasteiger partial charge >= 0.3 is 0 Å². The number of hydrogen-bond donors (Lipinski definition) is 1. The molecule has 0 aromatic heterocycles. The van der Waals surface area contributed by atoms with Crippen molar-refractivity contribution in [3.8, 4) is 0 Å². The minimum absolute atomic E-state index is 0.00438. The summed E-state index contributed by atoms with van der Waals surface area (Å²) in [6, 6.07) is 6.77. The molecule has 0 atom stereocenters. The number of likely N-dealkylation sites (N-methyl/N-ethyl adjacent to an activating group) is 1. The highest BCUT2D eigenvalue weighted by Crippen LogP contribution is 2.24. The average Bonchev–Trinajstić information content (AvgIpc) is 3.01. The van der Waals surface area contributed by atoms with Crippen molar-refractivity contribution in [2.24, 2.45) is 0 Å². The summed E-state index contributed by atoms with van der Waals surface area (Å²) in [5.74, 6) is 0.113. The van der Waals surface area contributed by atoms with E-state index in [-0.39, 0.29) is 17.6 Å². The van der Waals surface area contributed by atoms with E-state index in [1.54, 1.807) is 29.2 Å². The van der Waals surface area contributed by atoms with Gasteiger partial charge in [-0.1, -0.05) is 0 Å². The summed E-state index contributed by atoms with van der Waals surface area (Å²) >= 11 is 0. The fourth-order valence-electron chi connectivity index (χ4n) is 3.45. The molecule has 2 amide bonds. The number of nitrogens with one attached hydrogen (secondary N) is 1. The van der Waals surface area contributed by atoms with Crippen LogP contribution in [0.1, 0.15) is 23.7 Å². The summed E-state index contributed by atoms with van der Waals surface area (Å²) in [7, 11) is -3.21. The Morgan fingerprint density at radius 1 is 1.04 bits per heavy atom. The summed E-state index contributed by atoms with van der Waals surface area (Å²) in [6.45, 7) is 5.81. The first-order chi connectivity index (χ1) is 12.9. The van der Waals surface area contributed by atoms with Crippen molar-refractivity contribution >= 4 is 27.5 Å². The van der Waals surface area contributed by atoms with Crippen molar-refractivity contribution < 1.29 is 18.0 Å². The molecule has 0 saturated carbocycles. The van der Waals surface area contributed by atoms with E-state index >= 15 is 0 Å². The Labute approximate surface area is 160 Å². The lowest BCUT2D eigenvalue weighted by Gasteiger charge is -2.34. The van der Waals surface area contributed by atoms with Crippen LogP contribution in [-0.4, -0.2) is 81.6 Å². The van der Waals surface area contributed by atoms with Gasteiger partial charge in [0.05, 0.1) is 18.0 Å². The molecule has 148 valence electrons. The fourth-order valence-corrected chi connectivity index (χ4v) is 5.01. The quantitative estimate of drug-likeness (QED) is 0.766. The molecule has 2 aliphatic heterocycles. The number of benzene rings is 1. The Bertz CT molecular complexity index is 786. The third-order valence-corrected chi connectivity index (χ3v) is 6.77. The molecule has 2 fully saturated rings. The number of carbonyl (C=O) groups is 2. The molecule has 8 nitrogen and oxygen atoms in total. The van der Waals surface area contributed by atoms with Gasteiger partial charge in [0, 0.05) is 44.8 Å².